The predicted octanol–water partition coefficient (Wildman–Crippen LogP) is 3.05. The van der Waals surface area contributed by atoms with E-state index >= 15 is 0 Å². The summed E-state index contributed by atoms with van der Waals surface area (Å²) in [4.78, 5) is 16.3. The number of alkyl halides is 1. The van der Waals surface area contributed by atoms with Gasteiger partial charge in [0.05, 0.1) is 11.3 Å². The number of fused-ring (bicyclic) bond motifs is 3. The van der Waals surface area contributed by atoms with Crippen LogP contribution in [0.4, 0.5) is 0 Å². The van der Waals surface area contributed by atoms with Crippen LogP contribution in [0.3, 0.4) is 0 Å². The quantitative estimate of drug-likeness (QED) is 0.650. The highest BCUT2D eigenvalue weighted by molar-refractivity contribution is 6.38. The normalized spacial score (nSPS) is 18.8. The number of hydrogen-bond acceptors (Lipinski definition) is 2. The Balaban J connectivity index is 2.42. The minimum atomic E-state index is -0.569. The first-order valence-corrected chi connectivity index (χ1v) is 5.45. The van der Waals surface area contributed by atoms with E-state index in [-0.39, 0.29) is 5.78 Å². The Morgan fingerprint density at radius 2 is 2.06 bits per heavy atom. The van der Waals surface area contributed by atoms with Gasteiger partial charge in [0.25, 0.3) is 0 Å². The Morgan fingerprint density at radius 1 is 1.25 bits per heavy atom. The van der Waals surface area contributed by atoms with Gasteiger partial charge in [-0.15, -0.1) is 11.6 Å². The van der Waals surface area contributed by atoms with Gasteiger partial charge in [-0.2, -0.15) is 0 Å². The van der Waals surface area contributed by atoms with Crippen LogP contribution >= 0.6 is 11.6 Å². The number of carbonyl (C=O) groups is 1. The maximum atomic E-state index is 12.0. The number of allylic oxidation sites excluding steroid dienone is 1. The lowest BCUT2D eigenvalue weighted by atomic mass is 9.95. The molecule has 0 saturated heterocycles. The lowest BCUT2D eigenvalue weighted by Gasteiger charge is -2.14. The zero-order valence-electron chi connectivity index (χ0n) is 8.35. The second-order valence-corrected chi connectivity index (χ2v) is 4.20. The van der Waals surface area contributed by atoms with Crippen LogP contribution in [0.2, 0.25) is 0 Å². The number of pyridine rings is 1. The number of aromatic nitrogens is 1. The average molecular weight is 230 g/mol. The van der Waals surface area contributed by atoms with Crippen molar-refractivity contribution in [3.8, 4) is 0 Å². The highest BCUT2D eigenvalue weighted by Crippen LogP contribution is 2.27. The van der Waals surface area contributed by atoms with Crippen molar-refractivity contribution in [1.82, 2.24) is 4.98 Å². The van der Waals surface area contributed by atoms with Crippen molar-refractivity contribution >= 4 is 34.2 Å². The van der Waals surface area contributed by atoms with E-state index in [1.165, 1.54) is 0 Å². The molecule has 3 heteroatoms. The average Bonchev–Trinajstić information content (AvgIpc) is 2.33. The monoisotopic (exact) mass is 229 g/mol. The molecule has 3 rings (SSSR count). The van der Waals surface area contributed by atoms with Crippen molar-refractivity contribution in [2.75, 3.05) is 0 Å². The maximum Gasteiger partial charge on any atom is 0.187 e. The lowest BCUT2D eigenvalue weighted by molar-refractivity contribution is 0.0999. The van der Waals surface area contributed by atoms with Crippen molar-refractivity contribution in [2.45, 2.75) is 5.38 Å². The van der Waals surface area contributed by atoms with Crippen LogP contribution in [0.5, 0.6) is 0 Å². The zero-order valence-corrected chi connectivity index (χ0v) is 9.11. The minimum Gasteiger partial charge on any atom is -0.292 e. The molecule has 0 fully saturated rings. The van der Waals surface area contributed by atoms with Gasteiger partial charge in [0.2, 0.25) is 0 Å². The zero-order chi connectivity index (χ0) is 11.1. The van der Waals surface area contributed by atoms with Gasteiger partial charge in [-0.3, -0.25) is 9.78 Å². The largest absolute Gasteiger partial charge is 0.292 e. The highest BCUT2D eigenvalue weighted by Gasteiger charge is 2.24. The molecule has 0 saturated carbocycles. The molecule has 1 unspecified atom stereocenters. The molecule has 0 N–H and O–H groups in total. The Morgan fingerprint density at radius 3 is 2.94 bits per heavy atom. The van der Waals surface area contributed by atoms with Gasteiger partial charge in [0.1, 0.15) is 5.38 Å². The van der Waals surface area contributed by atoms with Crippen LogP contribution in [-0.4, -0.2) is 16.1 Å². The number of rotatable bonds is 0. The number of carbonyl (C=O) groups excluding carboxylic acids is 1. The summed E-state index contributed by atoms with van der Waals surface area (Å²) in [6.45, 7) is 0. The van der Waals surface area contributed by atoms with Crippen molar-refractivity contribution in [2.24, 2.45) is 0 Å². The topological polar surface area (TPSA) is 30.0 Å². The summed E-state index contributed by atoms with van der Waals surface area (Å²) >= 11 is 5.93. The first kappa shape index (κ1) is 9.55. The van der Waals surface area contributed by atoms with Gasteiger partial charge in [0.15, 0.2) is 5.78 Å². The fourth-order valence-corrected chi connectivity index (χ4v) is 2.15. The van der Waals surface area contributed by atoms with Gasteiger partial charge in [0, 0.05) is 11.6 Å². The van der Waals surface area contributed by atoms with Crippen molar-refractivity contribution in [3.05, 3.63) is 47.8 Å². The Bertz CT molecular complexity index is 618. The van der Waals surface area contributed by atoms with Gasteiger partial charge in [-0.1, -0.05) is 30.3 Å². The summed E-state index contributed by atoms with van der Waals surface area (Å²) in [6, 6.07) is 7.71. The van der Waals surface area contributed by atoms with E-state index in [2.05, 4.69) is 4.98 Å². The standard InChI is InChI=1S/C13H8ClNO/c14-10-5-6-11-12(13(10)16)9-4-2-1-3-8(9)7-15-11/h1-7,10H. The molecular formula is C13H8ClNO. The third-order valence-electron chi connectivity index (χ3n) is 2.75. The minimum absolute atomic E-state index is 0.0662. The van der Waals surface area contributed by atoms with Gasteiger partial charge >= 0.3 is 0 Å². The van der Waals surface area contributed by atoms with Crippen LogP contribution < -0.4 is 0 Å². The number of hydrogen-bond donors (Lipinski definition) is 0. The molecule has 1 heterocycles. The molecule has 0 amide bonds. The van der Waals surface area contributed by atoms with E-state index in [9.17, 15) is 4.79 Å². The molecule has 2 nitrogen and oxygen atoms in total. The molecule has 78 valence electrons. The molecule has 1 aliphatic rings. The van der Waals surface area contributed by atoms with Crippen LogP contribution in [0, 0.1) is 0 Å². The van der Waals surface area contributed by atoms with Crippen LogP contribution in [-0.2, 0) is 0 Å². The van der Waals surface area contributed by atoms with Gasteiger partial charge in [-0.05, 0) is 11.5 Å². The summed E-state index contributed by atoms with van der Waals surface area (Å²) in [5, 5.41) is 1.32. The van der Waals surface area contributed by atoms with E-state index in [0.29, 0.717) is 11.3 Å². The van der Waals surface area contributed by atoms with E-state index in [4.69, 9.17) is 11.6 Å². The molecule has 0 bridgehead atoms. The summed E-state index contributed by atoms with van der Waals surface area (Å²) < 4.78 is 0. The molecule has 1 aliphatic carbocycles. The molecule has 2 aromatic rings. The molecule has 0 radical (unpaired) electrons. The SMILES string of the molecule is O=C1c2c(ncc3ccccc23)C=CC1Cl. The smallest absolute Gasteiger partial charge is 0.187 e. The van der Waals surface area contributed by atoms with Gasteiger partial charge < -0.3 is 0 Å². The van der Waals surface area contributed by atoms with Crippen molar-refractivity contribution in [1.29, 1.82) is 0 Å². The van der Waals surface area contributed by atoms with Crippen LogP contribution in [0.15, 0.2) is 36.5 Å². The summed E-state index contributed by atoms with van der Waals surface area (Å²) in [7, 11) is 0. The van der Waals surface area contributed by atoms with E-state index < -0.39 is 5.38 Å². The Labute approximate surface area is 97.6 Å². The predicted molar refractivity (Wildman–Crippen MR) is 64.7 cm³/mol. The molecular weight excluding hydrogens is 222 g/mol. The first-order chi connectivity index (χ1) is 7.77. The Hall–Kier alpha value is -1.67. The van der Waals surface area contributed by atoms with Crippen LogP contribution in [0.1, 0.15) is 16.1 Å². The second kappa shape index (κ2) is 3.42. The second-order valence-electron chi connectivity index (χ2n) is 3.73. The molecule has 0 spiro atoms. The molecule has 1 aromatic carbocycles. The highest BCUT2D eigenvalue weighted by atomic mass is 35.5. The number of benzene rings is 1. The molecule has 0 aliphatic heterocycles. The van der Waals surface area contributed by atoms with Crippen molar-refractivity contribution < 1.29 is 4.79 Å². The maximum absolute atomic E-state index is 12.0. The number of Topliss-reactive ketones (excluding diaryl/α,β-unsaturated/α-hetero) is 1. The lowest BCUT2D eigenvalue weighted by Crippen LogP contribution is -2.18. The summed E-state index contributed by atoms with van der Waals surface area (Å²) in [6.07, 6.45) is 5.26. The number of nitrogens with zero attached hydrogens (tertiary/aromatic N) is 1. The van der Waals surface area contributed by atoms with E-state index in [0.717, 1.165) is 10.8 Å². The first-order valence-electron chi connectivity index (χ1n) is 5.01. The van der Waals surface area contributed by atoms with Gasteiger partial charge in [-0.25, -0.2) is 0 Å². The fourth-order valence-electron chi connectivity index (χ4n) is 1.97. The molecule has 16 heavy (non-hydrogen) atoms. The summed E-state index contributed by atoms with van der Waals surface area (Å²) in [5.74, 6) is -0.0662. The van der Waals surface area contributed by atoms with E-state index in [1.54, 1.807) is 18.3 Å². The third-order valence-corrected chi connectivity index (χ3v) is 3.09. The number of halogens is 1. The Kier molecular flexibility index (Phi) is 2.04. The fraction of sp³-hybridized carbons (Fsp3) is 0.0769. The summed E-state index contributed by atoms with van der Waals surface area (Å²) in [5.41, 5.74) is 1.35. The van der Waals surface area contributed by atoms with Crippen molar-refractivity contribution in [3.63, 3.8) is 0 Å². The van der Waals surface area contributed by atoms with E-state index in [1.807, 2.05) is 24.3 Å². The third kappa shape index (κ3) is 1.27. The molecule has 1 aromatic heterocycles. The number of ketones is 1. The molecule has 1 atom stereocenters. The van der Waals surface area contributed by atoms with Crippen LogP contribution in [0.25, 0.3) is 16.8 Å².